The van der Waals surface area contributed by atoms with Crippen LogP contribution in [0.25, 0.3) is 11.4 Å². The Kier molecular flexibility index (Phi) is 6.14. The summed E-state index contributed by atoms with van der Waals surface area (Å²) in [6, 6.07) is 7.51. The standard InChI is InChI=1S/C18H26N4O3/c1-12-7-9-13(10-8-12)15-21-16(25-22-15)14(19)6-5-11-20-17(23)24-18(2,3)4/h7-10,14H,5-6,11,19H2,1-4H3,(H,20,23)/t14-/m0/s1. The van der Waals surface area contributed by atoms with Gasteiger partial charge in [-0.15, -0.1) is 0 Å². The molecule has 136 valence electrons. The molecule has 1 aromatic carbocycles. The second kappa shape index (κ2) is 8.11. The summed E-state index contributed by atoms with van der Waals surface area (Å²) >= 11 is 0. The molecule has 0 saturated carbocycles. The van der Waals surface area contributed by atoms with Crippen molar-refractivity contribution in [2.45, 2.75) is 52.2 Å². The number of rotatable bonds is 6. The number of aromatic nitrogens is 2. The van der Waals surface area contributed by atoms with Gasteiger partial charge in [0.1, 0.15) is 5.60 Å². The third-order valence-corrected chi connectivity index (χ3v) is 3.43. The van der Waals surface area contributed by atoms with Crippen LogP contribution in [0.4, 0.5) is 4.79 Å². The Bertz CT molecular complexity index is 689. The summed E-state index contributed by atoms with van der Waals surface area (Å²) in [6.07, 6.45) is 0.870. The summed E-state index contributed by atoms with van der Waals surface area (Å²) in [7, 11) is 0. The number of carbonyl (C=O) groups excluding carboxylic acids is 1. The first-order valence-electron chi connectivity index (χ1n) is 8.38. The Labute approximate surface area is 147 Å². The predicted octanol–water partition coefficient (Wildman–Crippen LogP) is 3.35. The summed E-state index contributed by atoms with van der Waals surface area (Å²) < 4.78 is 10.4. The van der Waals surface area contributed by atoms with Crippen LogP contribution in [0.5, 0.6) is 0 Å². The largest absolute Gasteiger partial charge is 0.444 e. The van der Waals surface area contributed by atoms with Gasteiger partial charge in [-0.05, 0) is 40.5 Å². The quantitative estimate of drug-likeness (QED) is 0.778. The van der Waals surface area contributed by atoms with Gasteiger partial charge >= 0.3 is 6.09 Å². The molecule has 0 radical (unpaired) electrons. The zero-order chi connectivity index (χ0) is 18.4. The van der Waals surface area contributed by atoms with Crippen LogP contribution in [0.15, 0.2) is 28.8 Å². The minimum absolute atomic E-state index is 0.368. The van der Waals surface area contributed by atoms with Crippen LogP contribution >= 0.6 is 0 Å². The first-order valence-corrected chi connectivity index (χ1v) is 8.38. The molecule has 1 atom stereocenters. The van der Waals surface area contributed by atoms with Gasteiger partial charge in [0.05, 0.1) is 6.04 Å². The first kappa shape index (κ1) is 18.9. The molecule has 0 fully saturated rings. The molecule has 0 aliphatic rings. The van der Waals surface area contributed by atoms with Gasteiger partial charge in [-0.3, -0.25) is 0 Å². The maximum absolute atomic E-state index is 11.6. The van der Waals surface area contributed by atoms with Crippen molar-refractivity contribution in [1.82, 2.24) is 15.5 Å². The fourth-order valence-electron chi connectivity index (χ4n) is 2.16. The molecule has 0 saturated heterocycles. The zero-order valence-corrected chi connectivity index (χ0v) is 15.2. The van der Waals surface area contributed by atoms with Gasteiger partial charge in [0, 0.05) is 12.1 Å². The number of nitrogens with zero attached hydrogens (tertiary/aromatic N) is 2. The van der Waals surface area contributed by atoms with Crippen LogP contribution in [0, 0.1) is 6.92 Å². The molecule has 0 aliphatic heterocycles. The van der Waals surface area contributed by atoms with Crippen LogP contribution in [-0.2, 0) is 4.74 Å². The average molecular weight is 346 g/mol. The molecule has 0 bridgehead atoms. The lowest BCUT2D eigenvalue weighted by Gasteiger charge is -2.19. The lowest BCUT2D eigenvalue weighted by Crippen LogP contribution is -2.33. The van der Waals surface area contributed by atoms with E-state index in [0.717, 1.165) is 5.56 Å². The lowest BCUT2D eigenvalue weighted by atomic mass is 10.1. The number of aryl methyl sites for hydroxylation is 1. The Morgan fingerprint density at radius 2 is 2.00 bits per heavy atom. The molecule has 2 rings (SSSR count). The summed E-state index contributed by atoms with van der Waals surface area (Å²) in [5.74, 6) is 0.921. The number of carbonyl (C=O) groups is 1. The Morgan fingerprint density at radius 3 is 2.64 bits per heavy atom. The van der Waals surface area contributed by atoms with E-state index >= 15 is 0 Å². The summed E-state index contributed by atoms with van der Waals surface area (Å²) in [6.45, 7) is 7.96. The monoisotopic (exact) mass is 346 g/mol. The van der Waals surface area contributed by atoms with Gasteiger partial charge in [-0.1, -0.05) is 35.0 Å². The van der Waals surface area contributed by atoms with Crippen LogP contribution in [-0.4, -0.2) is 28.4 Å². The summed E-state index contributed by atoms with van der Waals surface area (Å²) in [5.41, 5.74) is 7.64. The Hall–Kier alpha value is -2.41. The van der Waals surface area contributed by atoms with E-state index in [2.05, 4.69) is 15.5 Å². The second-order valence-electron chi connectivity index (χ2n) is 7.00. The molecule has 1 amide bonds. The SMILES string of the molecule is Cc1ccc(-c2noc([C@@H](N)CCCNC(=O)OC(C)(C)C)n2)cc1. The maximum atomic E-state index is 11.6. The minimum atomic E-state index is -0.503. The molecule has 7 heteroatoms. The van der Waals surface area contributed by atoms with Gasteiger partial charge in [0.15, 0.2) is 0 Å². The van der Waals surface area contributed by atoms with Crippen molar-refractivity contribution < 1.29 is 14.1 Å². The highest BCUT2D eigenvalue weighted by atomic mass is 16.6. The van der Waals surface area contributed by atoms with Gasteiger partial charge in [0.25, 0.3) is 0 Å². The number of ether oxygens (including phenoxy) is 1. The van der Waals surface area contributed by atoms with Crippen molar-refractivity contribution in [2.24, 2.45) is 5.73 Å². The van der Waals surface area contributed by atoms with Crippen molar-refractivity contribution in [3.8, 4) is 11.4 Å². The second-order valence-corrected chi connectivity index (χ2v) is 7.00. The molecule has 25 heavy (non-hydrogen) atoms. The number of hydrogen-bond acceptors (Lipinski definition) is 6. The predicted molar refractivity (Wildman–Crippen MR) is 94.9 cm³/mol. The van der Waals surface area contributed by atoms with E-state index in [1.165, 1.54) is 5.56 Å². The number of benzene rings is 1. The fourth-order valence-corrected chi connectivity index (χ4v) is 2.16. The number of alkyl carbamates (subject to hydrolysis) is 1. The third kappa shape index (κ3) is 6.19. The number of amides is 1. The van der Waals surface area contributed by atoms with Crippen LogP contribution in [0.2, 0.25) is 0 Å². The zero-order valence-electron chi connectivity index (χ0n) is 15.2. The topological polar surface area (TPSA) is 103 Å². The smallest absolute Gasteiger partial charge is 0.407 e. The van der Waals surface area contributed by atoms with E-state index in [0.29, 0.717) is 31.1 Å². The minimum Gasteiger partial charge on any atom is -0.444 e. The number of nitrogens with two attached hydrogens (primary N) is 1. The van der Waals surface area contributed by atoms with Crippen LogP contribution in [0.3, 0.4) is 0 Å². The van der Waals surface area contributed by atoms with E-state index < -0.39 is 11.7 Å². The molecular weight excluding hydrogens is 320 g/mol. The molecular formula is C18H26N4O3. The molecule has 3 N–H and O–H groups in total. The van der Waals surface area contributed by atoms with Gasteiger partial charge < -0.3 is 20.3 Å². The van der Waals surface area contributed by atoms with Crippen molar-refractivity contribution in [3.05, 3.63) is 35.7 Å². The van der Waals surface area contributed by atoms with Crippen LogP contribution < -0.4 is 11.1 Å². The molecule has 1 heterocycles. The highest BCUT2D eigenvalue weighted by molar-refractivity contribution is 5.67. The first-order chi connectivity index (χ1) is 11.7. The third-order valence-electron chi connectivity index (χ3n) is 3.43. The Balaban J connectivity index is 1.79. The Morgan fingerprint density at radius 1 is 1.32 bits per heavy atom. The van der Waals surface area contributed by atoms with Crippen LogP contribution in [0.1, 0.15) is 51.1 Å². The highest BCUT2D eigenvalue weighted by Crippen LogP contribution is 2.20. The van der Waals surface area contributed by atoms with Crippen molar-refractivity contribution in [2.75, 3.05) is 6.54 Å². The van der Waals surface area contributed by atoms with Crippen molar-refractivity contribution in [1.29, 1.82) is 0 Å². The molecule has 0 unspecified atom stereocenters. The molecule has 7 nitrogen and oxygen atoms in total. The van der Waals surface area contributed by atoms with Gasteiger partial charge in [-0.25, -0.2) is 4.79 Å². The maximum Gasteiger partial charge on any atom is 0.407 e. The molecule has 2 aromatic rings. The highest BCUT2D eigenvalue weighted by Gasteiger charge is 2.17. The summed E-state index contributed by atoms with van der Waals surface area (Å²) in [5, 5.41) is 6.68. The normalized spacial score (nSPS) is 12.7. The molecule has 1 aromatic heterocycles. The van der Waals surface area contributed by atoms with Crippen molar-refractivity contribution >= 4 is 6.09 Å². The average Bonchev–Trinajstić information content (AvgIpc) is 3.00. The number of hydrogen-bond donors (Lipinski definition) is 2. The van der Waals surface area contributed by atoms with E-state index in [1.54, 1.807) is 0 Å². The fraction of sp³-hybridized carbons (Fsp3) is 0.500. The van der Waals surface area contributed by atoms with E-state index in [1.807, 2.05) is 52.0 Å². The lowest BCUT2D eigenvalue weighted by molar-refractivity contribution is 0.0526. The molecule has 0 spiro atoms. The van der Waals surface area contributed by atoms with E-state index in [-0.39, 0.29) is 6.04 Å². The molecule has 0 aliphatic carbocycles. The number of nitrogens with one attached hydrogen (secondary N) is 1. The summed E-state index contributed by atoms with van der Waals surface area (Å²) in [4.78, 5) is 15.9. The van der Waals surface area contributed by atoms with E-state index in [9.17, 15) is 4.79 Å². The van der Waals surface area contributed by atoms with Crippen molar-refractivity contribution in [3.63, 3.8) is 0 Å². The van der Waals surface area contributed by atoms with Gasteiger partial charge in [0.2, 0.25) is 11.7 Å². The van der Waals surface area contributed by atoms with Gasteiger partial charge in [-0.2, -0.15) is 4.98 Å². The van der Waals surface area contributed by atoms with E-state index in [4.69, 9.17) is 15.0 Å².